The minimum Gasteiger partial charge on any atom is -0.349 e. The number of Topliss-reactive ketones (excluding diaryl/α,β-unsaturated/α-hetero) is 1. The molecule has 0 saturated heterocycles. The van der Waals surface area contributed by atoms with Crippen molar-refractivity contribution in [1.29, 1.82) is 0 Å². The monoisotopic (exact) mass is 374 g/mol. The van der Waals surface area contributed by atoms with Crippen LogP contribution >= 0.6 is 11.8 Å². The van der Waals surface area contributed by atoms with Crippen molar-refractivity contribution in [3.8, 4) is 0 Å². The maximum Gasteiger partial charge on any atom is 0.254 e. The fourth-order valence-electron chi connectivity index (χ4n) is 4.06. The quantitative estimate of drug-likeness (QED) is 0.729. The Bertz CT molecular complexity index is 997. The molecule has 2 aliphatic heterocycles. The van der Waals surface area contributed by atoms with Gasteiger partial charge in [0.05, 0.1) is 16.3 Å². The first-order valence-corrected chi connectivity index (χ1v) is 9.94. The third-order valence-corrected chi connectivity index (χ3v) is 6.37. The van der Waals surface area contributed by atoms with Gasteiger partial charge in [-0.15, -0.1) is 0 Å². The summed E-state index contributed by atoms with van der Waals surface area (Å²) < 4.78 is 0. The molecule has 0 radical (unpaired) electrons. The highest BCUT2D eigenvalue weighted by Crippen LogP contribution is 2.48. The lowest BCUT2D eigenvalue weighted by atomic mass is 9.75. The van der Waals surface area contributed by atoms with Crippen LogP contribution in [0.25, 0.3) is 0 Å². The average molecular weight is 374 g/mol. The van der Waals surface area contributed by atoms with Crippen LogP contribution in [0.4, 0.5) is 5.69 Å². The molecular weight excluding hydrogens is 356 g/mol. The smallest absolute Gasteiger partial charge is 0.254 e. The Morgan fingerprint density at radius 1 is 0.852 bits per heavy atom. The van der Waals surface area contributed by atoms with Gasteiger partial charge in [-0.2, -0.15) is 0 Å². The lowest BCUT2D eigenvalue weighted by Gasteiger charge is -2.33. The van der Waals surface area contributed by atoms with Gasteiger partial charge in [-0.1, -0.05) is 54.2 Å². The highest BCUT2D eigenvalue weighted by molar-refractivity contribution is 8.03. The zero-order valence-corrected chi connectivity index (χ0v) is 15.4. The van der Waals surface area contributed by atoms with Crippen molar-refractivity contribution in [2.75, 3.05) is 5.32 Å². The molecule has 5 heteroatoms. The maximum absolute atomic E-state index is 13.1. The lowest BCUT2D eigenvalue weighted by molar-refractivity contribution is -0.118. The molecule has 5 rings (SSSR count). The summed E-state index contributed by atoms with van der Waals surface area (Å²) in [6, 6.07) is 17.9. The Labute approximate surface area is 161 Å². The zero-order valence-electron chi connectivity index (χ0n) is 14.6. The summed E-state index contributed by atoms with van der Waals surface area (Å²) in [6.45, 7) is 0. The molecule has 0 spiro atoms. The van der Waals surface area contributed by atoms with Crippen LogP contribution in [0.5, 0.6) is 0 Å². The van der Waals surface area contributed by atoms with Gasteiger partial charge in [0.2, 0.25) is 0 Å². The van der Waals surface area contributed by atoms with E-state index in [1.165, 1.54) is 0 Å². The van der Waals surface area contributed by atoms with Gasteiger partial charge in [-0.25, -0.2) is 0 Å². The molecule has 134 valence electrons. The first-order chi connectivity index (χ1) is 13.2. The number of hydrogen-bond donors (Lipinski definition) is 2. The van der Waals surface area contributed by atoms with E-state index in [1.54, 1.807) is 11.8 Å². The minimum absolute atomic E-state index is 0.111. The number of carbonyl (C=O) groups excluding carboxylic acids is 2. The Hall–Kier alpha value is -2.79. The topological polar surface area (TPSA) is 58.2 Å². The van der Waals surface area contributed by atoms with Gasteiger partial charge in [0.1, 0.15) is 0 Å². The van der Waals surface area contributed by atoms with Crippen molar-refractivity contribution < 1.29 is 9.59 Å². The summed E-state index contributed by atoms with van der Waals surface area (Å²) in [4.78, 5) is 27.0. The van der Waals surface area contributed by atoms with Crippen molar-refractivity contribution in [1.82, 2.24) is 5.32 Å². The largest absolute Gasteiger partial charge is 0.349 e. The van der Waals surface area contributed by atoms with Crippen LogP contribution in [0.2, 0.25) is 0 Å². The van der Waals surface area contributed by atoms with Crippen LogP contribution in [0.3, 0.4) is 0 Å². The molecule has 0 bridgehead atoms. The van der Waals surface area contributed by atoms with Gasteiger partial charge >= 0.3 is 0 Å². The predicted octanol–water partition coefficient (Wildman–Crippen LogP) is 4.34. The van der Waals surface area contributed by atoms with E-state index >= 15 is 0 Å². The first kappa shape index (κ1) is 16.4. The molecule has 0 aromatic heterocycles. The number of allylic oxidation sites excluding steroid dienone is 2. The second kappa shape index (κ2) is 6.43. The number of nitrogens with one attached hydrogen (secondary N) is 2. The van der Waals surface area contributed by atoms with E-state index < -0.39 is 0 Å². The molecule has 2 aromatic carbocycles. The fraction of sp³-hybridized carbons (Fsp3) is 0.182. The molecule has 2 heterocycles. The summed E-state index contributed by atoms with van der Waals surface area (Å²) in [5.41, 5.74) is 4.18. The number of thioether (sulfide) groups is 1. The first-order valence-electron chi connectivity index (χ1n) is 9.13. The summed E-state index contributed by atoms with van der Waals surface area (Å²) in [5.74, 6) is -0.295. The number of fused-ring (bicyclic) bond motifs is 1. The standard InChI is InChI=1S/C22H18N2O2S/c25-16-11-6-10-15-19(16)18(13-7-2-1-3-8-13)20(21(26)23-15)22-24-14-9-4-5-12-17(14)27-22/h1-5,7-9,12,18,24H,6,10-11H2,(H,23,26)/b22-20+. The fourth-order valence-corrected chi connectivity index (χ4v) is 5.14. The number of para-hydroxylation sites is 1. The summed E-state index contributed by atoms with van der Waals surface area (Å²) in [5, 5.41) is 7.22. The van der Waals surface area contributed by atoms with E-state index in [1.807, 2.05) is 54.6 Å². The Kier molecular flexibility index (Phi) is 3.90. The molecule has 1 unspecified atom stereocenters. The Balaban J connectivity index is 1.71. The van der Waals surface area contributed by atoms with Crippen LogP contribution in [0, 0.1) is 0 Å². The highest BCUT2D eigenvalue weighted by atomic mass is 32.2. The minimum atomic E-state index is -0.327. The van der Waals surface area contributed by atoms with Crippen LogP contribution in [-0.4, -0.2) is 11.7 Å². The number of benzene rings is 2. The Morgan fingerprint density at radius 2 is 1.63 bits per heavy atom. The zero-order chi connectivity index (χ0) is 18.4. The normalized spacial score (nSPS) is 24.2. The molecule has 1 atom stereocenters. The molecule has 0 fully saturated rings. The maximum atomic E-state index is 13.1. The van der Waals surface area contributed by atoms with Crippen LogP contribution < -0.4 is 10.6 Å². The Morgan fingerprint density at radius 3 is 2.44 bits per heavy atom. The second-order valence-corrected chi connectivity index (χ2v) is 7.98. The number of carbonyl (C=O) groups is 2. The summed E-state index contributed by atoms with van der Waals surface area (Å²) in [7, 11) is 0. The van der Waals surface area contributed by atoms with E-state index in [2.05, 4.69) is 10.6 Å². The van der Waals surface area contributed by atoms with Crippen LogP contribution in [-0.2, 0) is 9.59 Å². The summed E-state index contributed by atoms with van der Waals surface area (Å²) in [6.07, 6.45) is 2.09. The molecule has 1 amide bonds. The third kappa shape index (κ3) is 2.70. The lowest BCUT2D eigenvalue weighted by Crippen LogP contribution is -2.39. The molecule has 4 nitrogen and oxygen atoms in total. The molecule has 0 saturated carbocycles. The number of rotatable bonds is 1. The van der Waals surface area contributed by atoms with E-state index in [0.29, 0.717) is 12.0 Å². The molecule has 1 aliphatic carbocycles. The van der Waals surface area contributed by atoms with Gasteiger partial charge < -0.3 is 10.6 Å². The predicted molar refractivity (Wildman–Crippen MR) is 106 cm³/mol. The number of hydrogen-bond acceptors (Lipinski definition) is 4. The highest BCUT2D eigenvalue weighted by Gasteiger charge is 2.41. The second-order valence-electron chi connectivity index (χ2n) is 6.93. The number of ketones is 1. The number of anilines is 1. The van der Waals surface area contributed by atoms with Gasteiger partial charge in [0.25, 0.3) is 5.91 Å². The van der Waals surface area contributed by atoms with Crippen molar-refractivity contribution >= 4 is 29.1 Å². The molecule has 27 heavy (non-hydrogen) atoms. The third-order valence-electron chi connectivity index (χ3n) is 5.27. The average Bonchev–Trinajstić information content (AvgIpc) is 3.11. The van der Waals surface area contributed by atoms with Gasteiger partial charge in [-0.05, 0) is 30.5 Å². The van der Waals surface area contributed by atoms with Gasteiger partial charge in [0.15, 0.2) is 5.78 Å². The number of amides is 1. The van der Waals surface area contributed by atoms with Crippen molar-refractivity contribution in [2.24, 2.45) is 0 Å². The SMILES string of the molecule is O=C1CCCC2=C1C(c1ccccc1)/C(=C1/Nc3ccccc3S1)C(=O)N2. The van der Waals surface area contributed by atoms with Crippen LogP contribution in [0.15, 0.2) is 81.4 Å². The van der Waals surface area contributed by atoms with Gasteiger partial charge in [-0.3, -0.25) is 9.59 Å². The van der Waals surface area contributed by atoms with E-state index in [0.717, 1.165) is 45.3 Å². The molecule has 2 aromatic rings. The summed E-state index contributed by atoms with van der Waals surface area (Å²) >= 11 is 1.56. The molecule has 3 aliphatic rings. The van der Waals surface area contributed by atoms with Crippen molar-refractivity contribution in [3.63, 3.8) is 0 Å². The van der Waals surface area contributed by atoms with Crippen molar-refractivity contribution in [3.05, 3.63) is 82.0 Å². The van der Waals surface area contributed by atoms with E-state index in [-0.39, 0.29) is 17.6 Å². The molecular formula is C22H18N2O2S. The molecule has 2 N–H and O–H groups in total. The van der Waals surface area contributed by atoms with Crippen LogP contribution in [0.1, 0.15) is 30.7 Å². The van der Waals surface area contributed by atoms with E-state index in [4.69, 9.17) is 0 Å². The van der Waals surface area contributed by atoms with E-state index in [9.17, 15) is 9.59 Å². The van der Waals surface area contributed by atoms with Crippen molar-refractivity contribution in [2.45, 2.75) is 30.1 Å². The van der Waals surface area contributed by atoms with Gasteiger partial charge in [0, 0.05) is 28.5 Å².